The fraction of sp³-hybridized carbons (Fsp3) is 0.812. The van der Waals surface area contributed by atoms with Gasteiger partial charge in [0.1, 0.15) is 0 Å². The van der Waals surface area contributed by atoms with Crippen LogP contribution in [-0.4, -0.2) is 34.9 Å². The number of nitrogens with one attached hydrogen (secondary N) is 1. The lowest BCUT2D eigenvalue weighted by molar-refractivity contribution is -0.123. The average molecular weight is 728 g/mol. The van der Waals surface area contributed by atoms with Crippen LogP contribution >= 0.6 is 0 Å². The van der Waals surface area contributed by atoms with Gasteiger partial charge in [0.25, 0.3) is 0 Å². The van der Waals surface area contributed by atoms with E-state index in [1.807, 2.05) is 0 Å². The molecular weight excluding hydrogens is 639 g/mol. The first-order chi connectivity index (χ1) is 25.7. The summed E-state index contributed by atoms with van der Waals surface area (Å²) in [7, 11) is 0. The molecule has 1 amide bonds. The van der Waals surface area contributed by atoms with E-state index in [2.05, 4.69) is 67.8 Å². The van der Waals surface area contributed by atoms with Crippen molar-refractivity contribution in [3.8, 4) is 0 Å². The van der Waals surface area contributed by atoms with Gasteiger partial charge < -0.3 is 15.5 Å². The van der Waals surface area contributed by atoms with E-state index in [4.69, 9.17) is 0 Å². The zero-order valence-electron chi connectivity index (χ0n) is 34.8. The molecule has 0 rings (SSSR count). The third-order valence-electron chi connectivity index (χ3n) is 10.4. The predicted octanol–water partition coefficient (Wildman–Crippen LogP) is 14.4. The van der Waals surface area contributed by atoms with E-state index in [0.29, 0.717) is 12.8 Å². The van der Waals surface area contributed by atoms with Gasteiger partial charge in [-0.25, -0.2) is 0 Å². The molecule has 0 fully saturated rings. The van der Waals surface area contributed by atoms with Gasteiger partial charge in [-0.05, 0) is 51.4 Å². The normalized spacial score (nSPS) is 13.4. The number of hydrogen-bond donors (Lipinski definition) is 3. The number of aliphatic hydroxyl groups is 2. The molecule has 0 bridgehead atoms. The highest BCUT2D eigenvalue weighted by Gasteiger charge is 2.19. The minimum Gasteiger partial charge on any atom is -0.394 e. The summed E-state index contributed by atoms with van der Waals surface area (Å²) in [4.78, 5) is 12.3. The Balaban J connectivity index is 3.33. The average Bonchev–Trinajstić information content (AvgIpc) is 3.15. The van der Waals surface area contributed by atoms with Crippen molar-refractivity contribution in [1.82, 2.24) is 5.32 Å². The van der Waals surface area contributed by atoms with Crippen molar-refractivity contribution >= 4 is 5.91 Å². The lowest BCUT2D eigenvalue weighted by atomic mass is 10.0. The van der Waals surface area contributed by atoms with Crippen LogP contribution in [0.15, 0.2) is 48.6 Å². The largest absolute Gasteiger partial charge is 0.394 e. The number of hydrogen-bond acceptors (Lipinski definition) is 3. The molecule has 2 unspecified atom stereocenters. The minimum atomic E-state index is -0.653. The Labute approximate surface area is 324 Å². The zero-order chi connectivity index (χ0) is 37.8. The SMILES string of the molecule is CC/C=C\C/C=C\C/C=C\C/C=C\CCCCCCCCCCCCCCCCCCCCCCCCC(=O)NC(CO)C(O)CCCCCCC. The first-order valence-electron chi connectivity index (χ1n) is 22.8. The fourth-order valence-electron chi connectivity index (χ4n) is 6.88. The lowest BCUT2D eigenvalue weighted by Gasteiger charge is -2.22. The van der Waals surface area contributed by atoms with Gasteiger partial charge in [0.05, 0.1) is 18.8 Å². The van der Waals surface area contributed by atoms with Crippen molar-refractivity contribution in [3.63, 3.8) is 0 Å². The van der Waals surface area contributed by atoms with E-state index in [1.165, 1.54) is 154 Å². The maximum atomic E-state index is 12.3. The van der Waals surface area contributed by atoms with Crippen molar-refractivity contribution in [2.75, 3.05) is 6.61 Å². The number of carbonyl (C=O) groups excluding carboxylic acids is 1. The standard InChI is InChI=1S/C48H89NO3/c1-3-5-7-9-10-11-12-13-14-15-16-17-18-19-20-21-22-23-24-25-26-27-28-29-30-31-32-33-34-35-36-37-38-40-42-44-48(52)49-46(45-50)47(51)43-41-39-8-6-4-2/h5,7,10-11,13-14,16-17,46-47,50-51H,3-4,6,8-9,12,15,18-45H2,1-2H3,(H,49,52)/b7-5-,11-10-,14-13-,17-16-. The molecule has 52 heavy (non-hydrogen) atoms. The molecule has 3 N–H and O–H groups in total. The summed E-state index contributed by atoms with van der Waals surface area (Å²) in [6.07, 6.45) is 59.7. The molecule has 0 radical (unpaired) electrons. The maximum absolute atomic E-state index is 12.3. The van der Waals surface area contributed by atoms with Gasteiger partial charge in [-0.1, -0.05) is 223 Å². The van der Waals surface area contributed by atoms with E-state index in [9.17, 15) is 15.0 Å². The molecule has 0 saturated carbocycles. The van der Waals surface area contributed by atoms with Gasteiger partial charge in [0.2, 0.25) is 5.91 Å². The molecule has 0 spiro atoms. The van der Waals surface area contributed by atoms with Crippen molar-refractivity contribution in [2.24, 2.45) is 0 Å². The van der Waals surface area contributed by atoms with Crippen molar-refractivity contribution < 1.29 is 15.0 Å². The second-order valence-electron chi connectivity index (χ2n) is 15.4. The summed E-state index contributed by atoms with van der Waals surface area (Å²) in [5.41, 5.74) is 0. The topological polar surface area (TPSA) is 69.6 Å². The van der Waals surface area contributed by atoms with E-state index in [0.717, 1.165) is 51.4 Å². The van der Waals surface area contributed by atoms with Gasteiger partial charge in [0.15, 0.2) is 0 Å². The van der Waals surface area contributed by atoms with E-state index >= 15 is 0 Å². The molecule has 0 saturated heterocycles. The molecule has 0 aromatic rings. The number of amides is 1. The van der Waals surface area contributed by atoms with Gasteiger partial charge in [0, 0.05) is 6.42 Å². The number of rotatable bonds is 41. The Morgan fingerprint density at radius 1 is 0.481 bits per heavy atom. The molecule has 0 aliphatic rings. The quantitative estimate of drug-likeness (QED) is 0.0434. The Hall–Kier alpha value is -1.65. The number of aliphatic hydroxyl groups excluding tert-OH is 2. The first-order valence-corrected chi connectivity index (χ1v) is 22.8. The van der Waals surface area contributed by atoms with Crippen LogP contribution in [0.2, 0.25) is 0 Å². The molecule has 0 heterocycles. The van der Waals surface area contributed by atoms with E-state index < -0.39 is 12.1 Å². The maximum Gasteiger partial charge on any atom is 0.220 e. The van der Waals surface area contributed by atoms with Crippen molar-refractivity contribution in [3.05, 3.63) is 48.6 Å². The van der Waals surface area contributed by atoms with E-state index in [1.54, 1.807) is 0 Å². The second-order valence-corrected chi connectivity index (χ2v) is 15.4. The third kappa shape index (κ3) is 39.6. The Kier molecular flexibility index (Phi) is 42.4. The molecule has 0 aromatic heterocycles. The Morgan fingerprint density at radius 2 is 0.846 bits per heavy atom. The Morgan fingerprint density at radius 3 is 1.27 bits per heavy atom. The van der Waals surface area contributed by atoms with Gasteiger partial charge in [-0.2, -0.15) is 0 Å². The van der Waals surface area contributed by atoms with Gasteiger partial charge >= 0.3 is 0 Å². The van der Waals surface area contributed by atoms with Crippen LogP contribution in [0.1, 0.15) is 232 Å². The van der Waals surface area contributed by atoms with Gasteiger partial charge in [-0.15, -0.1) is 0 Å². The summed E-state index contributed by atoms with van der Waals surface area (Å²) < 4.78 is 0. The molecule has 4 nitrogen and oxygen atoms in total. The summed E-state index contributed by atoms with van der Waals surface area (Å²) in [5, 5.41) is 22.8. The van der Waals surface area contributed by atoms with Crippen LogP contribution in [0.4, 0.5) is 0 Å². The predicted molar refractivity (Wildman–Crippen MR) is 230 cm³/mol. The molecule has 0 aliphatic heterocycles. The second kappa shape index (κ2) is 43.8. The van der Waals surface area contributed by atoms with Crippen LogP contribution in [0.3, 0.4) is 0 Å². The number of carbonyl (C=O) groups is 1. The van der Waals surface area contributed by atoms with Crippen LogP contribution in [-0.2, 0) is 4.79 Å². The zero-order valence-corrected chi connectivity index (χ0v) is 34.8. The summed E-state index contributed by atoms with van der Waals surface area (Å²) >= 11 is 0. The molecule has 0 aromatic carbocycles. The molecule has 304 valence electrons. The van der Waals surface area contributed by atoms with Crippen LogP contribution in [0.25, 0.3) is 0 Å². The fourth-order valence-corrected chi connectivity index (χ4v) is 6.88. The number of allylic oxidation sites excluding steroid dienone is 8. The summed E-state index contributed by atoms with van der Waals surface area (Å²) in [5.74, 6) is -0.0366. The molecular formula is C48H89NO3. The summed E-state index contributed by atoms with van der Waals surface area (Å²) in [6.45, 7) is 4.17. The lowest BCUT2D eigenvalue weighted by Crippen LogP contribution is -2.45. The smallest absolute Gasteiger partial charge is 0.220 e. The molecule has 0 aliphatic carbocycles. The van der Waals surface area contributed by atoms with Crippen LogP contribution < -0.4 is 5.32 Å². The highest BCUT2D eigenvalue weighted by Crippen LogP contribution is 2.16. The van der Waals surface area contributed by atoms with Crippen molar-refractivity contribution in [2.45, 2.75) is 244 Å². The highest BCUT2D eigenvalue weighted by molar-refractivity contribution is 5.76. The molecule has 4 heteroatoms. The summed E-state index contributed by atoms with van der Waals surface area (Å²) in [6, 6.07) is -0.530. The Bertz CT molecular complexity index is 831. The highest BCUT2D eigenvalue weighted by atomic mass is 16.3. The third-order valence-corrected chi connectivity index (χ3v) is 10.4. The van der Waals surface area contributed by atoms with Crippen LogP contribution in [0.5, 0.6) is 0 Å². The van der Waals surface area contributed by atoms with Crippen LogP contribution in [0, 0.1) is 0 Å². The molecule has 2 atom stereocenters. The number of unbranched alkanes of at least 4 members (excludes halogenated alkanes) is 26. The van der Waals surface area contributed by atoms with E-state index in [-0.39, 0.29) is 12.5 Å². The first kappa shape index (κ1) is 50.4. The van der Waals surface area contributed by atoms with Gasteiger partial charge in [-0.3, -0.25) is 4.79 Å². The monoisotopic (exact) mass is 728 g/mol. The minimum absolute atomic E-state index is 0.0366. The van der Waals surface area contributed by atoms with Crippen molar-refractivity contribution in [1.29, 1.82) is 0 Å².